The fourth-order valence-electron chi connectivity index (χ4n) is 2.02. The molecule has 1 aliphatic heterocycles. The van der Waals surface area contributed by atoms with Gasteiger partial charge in [0.1, 0.15) is 0 Å². The second kappa shape index (κ2) is 5.58. The maximum absolute atomic E-state index is 3.37. The standard InChI is InChI=1S/C10H23N3/c1-4-10(11-2)13-7-5-6-12(3)8-9-13/h10-11H,4-9H2,1-3H3. The first-order chi connectivity index (χ1) is 6.27. The van der Waals surface area contributed by atoms with Gasteiger partial charge in [0.2, 0.25) is 0 Å². The summed E-state index contributed by atoms with van der Waals surface area (Å²) in [6.07, 6.45) is 3.07. The van der Waals surface area contributed by atoms with Gasteiger partial charge in [-0.15, -0.1) is 0 Å². The zero-order valence-corrected chi connectivity index (χ0v) is 9.21. The first-order valence-corrected chi connectivity index (χ1v) is 5.37. The lowest BCUT2D eigenvalue weighted by atomic mass is 10.3. The number of hydrogen-bond donors (Lipinski definition) is 1. The third kappa shape index (κ3) is 3.25. The van der Waals surface area contributed by atoms with Crippen molar-refractivity contribution in [3.63, 3.8) is 0 Å². The molecule has 3 nitrogen and oxygen atoms in total. The Kier molecular flexibility index (Phi) is 4.70. The summed E-state index contributed by atoms with van der Waals surface area (Å²) in [6.45, 7) is 7.14. The molecule has 1 N–H and O–H groups in total. The van der Waals surface area contributed by atoms with Crippen LogP contribution in [0.1, 0.15) is 19.8 Å². The molecule has 0 bridgehead atoms. The lowest BCUT2D eigenvalue weighted by molar-refractivity contribution is 0.173. The van der Waals surface area contributed by atoms with E-state index in [0.717, 1.165) is 0 Å². The monoisotopic (exact) mass is 185 g/mol. The molecule has 0 aromatic rings. The van der Waals surface area contributed by atoms with Crippen LogP contribution in [0, 0.1) is 0 Å². The van der Waals surface area contributed by atoms with E-state index in [-0.39, 0.29) is 0 Å². The molecule has 78 valence electrons. The van der Waals surface area contributed by atoms with Crippen molar-refractivity contribution in [1.82, 2.24) is 15.1 Å². The van der Waals surface area contributed by atoms with Gasteiger partial charge >= 0.3 is 0 Å². The zero-order chi connectivity index (χ0) is 9.68. The Hall–Kier alpha value is -0.120. The number of likely N-dealkylation sites (N-methyl/N-ethyl adjacent to an activating group) is 1. The highest BCUT2D eigenvalue weighted by Gasteiger charge is 2.17. The Balaban J connectivity index is 2.40. The molecular weight excluding hydrogens is 162 g/mol. The van der Waals surface area contributed by atoms with Crippen molar-refractivity contribution in [3.8, 4) is 0 Å². The molecule has 1 atom stereocenters. The first-order valence-electron chi connectivity index (χ1n) is 5.37. The second-order valence-corrected chi connectivity index (χ2v) is 3.91. The molecule has 0 spiro atoms. The van der Waals surface area contributed by atoms with E-state index in [4.69, 9.17) is 0 Å². The largest absolute Gasteiger partial charge is 0.305 e. The van der Waals surface area contributed by atoms with E-state index in [2.05, 4.69) is 36.1 Å². The molecule has 0 saturated carbocycles. The van der Waals surface area contributed by atoms with Crippen molar-refractivity contribution in [1.29, 1.82) is 0 Å². The van der Waals surface area contributed by atoms with Crippen LogP contribution in [0.25, 0.3) is 0 Å². The van der Waals surface area contributed by atoms with Crippen LogP contribution in [0.2, 0.25) is 0 Å². The Morgan fingerprint density at radius 1 is 1.23 bits per heavy atom. The van der Waals surface area contributed by atoms with Crippen LogP contribution in [-0.4, -0.2) is 56.2 Å². The fourth-order valence-corrected chi connectivity index (χ4v) is 2.02. The van der Waals surface area contributed by atoms with Gasteiger partial charge in [0.05, 0.1) is 6.17 Å². The summed E-state index contributed by atoms with van der Waals surface area (Å²) in [5.41, 5.74) is 0. The summed E-state index contributed by atoms with van der Waals surface area (Å²) in [6, 6.07) is 0. The molecular formula is C10H23N3. The Morgan fingerprint density at radius 3 is 2.62 bits per heavy atom. The van der Waals surface area contributed by atoms with Crippen molar-refractivity contribution in [2.75, 3.05) is 40.3 Å². The van der Waals surface area contributed by atoms with Gasteiger partial charge in [-0.2, -0.15) is 0 Å². The molecule has 3 heteroatoms. The van der Waals surface area contributed by atoms with Gasteiger partial charge in [-0.05, 0) is 33.5 Å². The SMILES string of the molecule is CCC(NC)N1CCCN(C)CC1. The lowest BCUT2D eigenvalue weighted by Crippen LogP contribution is -2.45. The summed E-state index contributed by atoms with van der Waals surface area (Å²) in [5, 5.41) is 3.37. The van der Waals surface area contributed by atoms with Gasteiger partial charge in [0.25, 0.3) is 0 Å². The molecule has 0 aromatic carbocycles. The topological polar surface area (TPSA) is 18.5 Å². The van der Waals surface area contributed by atoms with Crippen LogP contribution in [-0.2, 0) is 0 Å². The van der Waals surface area contributed by atoms with Crippen molar-refractivity contribution < 1.29 is 0 Å². The minimum absolute atomic E-state index is 0.575. The molecule has 1 fully saturated rings. The van der Waals surface area contributed by atoms with E-state index in [1.807, 2.05) is 0 Å². The molecule has 1 saturated heterocycles. The quantitative estimate of drug-likeness (QED) is 0.694. The minimum Gasteiger partial charge on any atom is -0.305 e. The van der Waals surface area contributed by atoms with Crippen LogP contribution < -0.4 is 5.32 Å². The summed E-state index contributed by atoms with van der Waals surface area (Å²) in [5.74, 6) is 0. The average molecular weight is 185 g/mol. The molecule has 13 heavy (non-hydrogen) atoms. The molecule has 1 heterocycles. The predicted molar refractivity (Wildman–Crippen MR) is 56.8 cm³/mol. The summed E-state index contributed by atoms with van der Waals surface area (Å²) in [4.78, 5) is 4.98. The highest BCUT2D eigenvalue weighted by molar-refractivity contribution is 4.72. The van der Waals surface area contributed by atoms with Gasteiger partial charge in [0, 0.05) is 19.6 Å². The first kappa shape index (κ1) is 11.0. The highest BCUT2D eigenvalue weighted by atomic mass is 15.3. The number of nitrogens with zero attached hydrogens (tertiary/aromatic N) is 2. The second-order valence-electron chi connectivity index (χ2n) is 3.91. The van der Waals surface area contributed by atoms with E-state index < -0.39 is 0 Å². The molecule has 0 radical (unpaired) electrons. The maximum Gasteiger partial charge on any atom is 0.0592 e. The Labute approximate surface area is 82.1 Å². The Morgan fingerprint density at radius 2 is 2.00 bits per heavy atom. The lowest BCUT2D eigenvalue weighted by Gasteiger charge is -2.29. The fraction of sp³-hybridized carbons (Fsp3) is 1.00. The molecule has 1 rings (SSSR count). The summed E-state index contributed by atoms with van der Waals surface area (Å²) >= 11 is 0. The smallest absolute Gasteiger partial charge is 0.0592 e. The van der Waals surface area contributed by atoms with Crippen molar-refractivity contribution in [3.05, 3.63) is 0 Å². The van der Waals surface area contributed by atoms with Gasteiger partial charge in [0.15, 0.2) is 0 Å². The van der Waals surface area contributed by atoms with Crippen molar-refractivity contribution >= 4 is 0 Å². The number of nitrogens with one attached hydrogen (secondary N) is 1. The van der Waals surface area contributed by atoms with Gasteiger partial charge in [-0.3, -0.25) is 4.90 Å². The van der Waals surface area contributed by atoms with E-state index in [0.29, 0.717) is 6.17 Å². The molecule has 0 aromatic heterocycles. The molecule has 1 aliphatic rings. The van der Waals surface area contributed by atoms with Crippen LogP contribution >= 0.6 is 0 Å². The van der Waals surface area contributed by atoms with Crippen LogP contribution in [0.3, 0.4) is 0 Å². The average Bonchev–Trinajstić information content (AvgIpc) is 2.34. The summed E-state index contributed by atoms with van der Waals surface area (Å²) in [7, 11) is 4.27. The normalized spacial score (nSPS) is 24.2. The van der Waals surface area contributed by atoms with E-state index in [1.54, 1.807) is 0 Å². The number of hydrogen-bond acceptors (Lipinski definition) is 3. The molecule has 0 aliphatic carbocycles. The third-order valence-corrected chi connectivity index (χ3v) is 2.91. The van der Waals surface area contributed by atoms with Crippen LogP contribution in [0.5, 0.6) is 0 Å². The predicted octanol–water partition coefficient (Wildman–Crippen LogP) is 0.579. The van der Waals surface area contributed by atoms with Gasteiger partial charge in [-0.1, -0.05) is 6.92 Å². The maximum atomic E-state index is 3.37. The van der Waals surface area contributed by atoms with Gasteiger partial charge < -0.3 is 10.2 Å². The Bertz CT molecular complexity index is 134. The third-order valence-electron chi connectivity index (χ3n) is 2.91. The van der Waals surface area contributed by atoms with E-state index in [9.17, 15) is 0 Å². The van der Waals surface area contributed by atoms with E-state index >= 15 is 0 Å². The van der Waals surface area contributed by atoms with Crippen molar-refractivity contribution in [2.45, 2.75) is 25.9 Å². The number of rotatable bonds is 3. The van der Waals surface area contributed by atoms with Crippen LogP contribution in [0.4, 0.5) is 0 Å². The zero-order valence-electron chi connectivity index (χ0n) is 9.21. The van der Waals surface area contributed by atoms with Crippen molar-refractivity contribution in [2.24, 2.45) is 0 Å². The minimum atomic E-state index is 0.575. The molecule has 0 amide bonds. The molecule has 1 unspecified atom stereocenters. The summed E-state index contributed by atoms with van der Waals surface area (Å²) < 4.78 is 0. The van der Waals surface area contributed by atoms with E-state index in [1.165, 1.54) is 39.0 Å². The van der Waals surface area contributed by atoms with Gasteiger partial charge in [-0.25, -0.2) is 0 Å². The van der Waals surface area contributed by atoms with Crippen LogP contribution in [0.15, 0.2) is 0 Å². The highest BCUT2D eigenvalue weighted by Crippen LogP contribution is 2.06.